The maximum atomic E-state index is 10.5. The molecule has 0 amide bonds. The molecule has 5 nitrogen and oxygen atoms in total. The average molecular weight is 200 g/mol. The monoisotopic (exact) mass is 200 g/mol. The molecule has 0 saturated carbocycles. The van der Waals surface area contributed by atoms with Gasteiger partial charge in [0, 0.05) is 0 Å². The van der Waals surface area contributed by atoms with Gasteiger partial charge in [-0.2, -0.15) is 0 Å². The Balaban J connectivity index is 3.90. The number of carboxylic acids is 2. The first-order valence-corrected chi connectivity index (χ1v) is 3.86. The molecule has 0 aromatic heterocycles. The van der Waals surface area contributed by atoms with Crippen LogP contribution >= 0.6 is 0 Å². The first-order valence-electron chi connectivity index (χ1n) is 3.86. The Bertz CT molecular complexity index is 277. The van der Waals surface area contributed by atoms with Crippen molar-refractivity contribution in [1.82, 2.24) is 0 Å². The number of hydrogen-bond acceptors (Lipinski definition) is 3. The molecule has 0 unspecified atom stereocenters. The minimum Gasteiger partial charge on any atom is -0.478 e. The molecule has 2 N–H and O–H groups in total. The zero-order valence-corrected chi connectivity index (χ0v) is 7.82. The van der Waals surface area contributed by atoms with E-state index in [9.17, 15) is 9.59 Å². The van der Waals surface area contributed by atoms with E-state index in [2.05, 4.69) is 6.58 Å². The van der Waals surface area contributed by atoms with Gasteiger partial charge in [-0.15, -0.1) is 0 Å². The van der Waals surface area contributed by atoms with Crippen LogP contribution in [0.15, 0.2) is 23.8 Å². The van der Waals surface area contributed by atoms with Crippen molar-refractivity contribution in [2.45, 2.75) is 6.92 Å². The van der Waals surface area contributed by atoms with Gasteiger partial charge >= 0.3 is 11.9 Å². The third kappa shape index (κ3) is 4.42. The molecular formula is C9H12O5. The number of rotatable bonds is 6. The summed E-state index contributed by atoms with van der Waals surface area (Å²) in [4.78, 5) is 20.7. The van der Waals surface area contributed by atoms with Crippen LogP contribution < -0.4 is 0 Å². The lowest BCUT2D eigenvalue weighted by atomic mass is 10.3. The second-order valence-corrected chi connectivity index (χ2v) is 2.52. The molecule has 0 atom stereocenters. The van der Waals surface area contributed by atoms with Crippen LogP contribution in [0.1, 0.15) is 6.92 Å². The molecule has 0 aromatic carbocycles. The van der Waals surface area contributed by atoms with Crippen molar-refractivity contribution < 1.29 is 24.5 Å². The minimum absolute atomic E-state index is 0.0863. The Morgan fingerprint density at radius 1 is 1.29 bits per heavy atom. The Morgan fingerprint density at radius 3 is 2.21 bits per heavy atom. The summed E-state index contributed by atoms with van der Waals surface area (Å²) in [5, 5.41) is 17.0. The molecule has 0 aliphatic carbocycles. The van der Waals surface area contributed by atoms with Crippen molar-refractivity contribution in [3.05, 3.63) is 23.8 Å². The third-order valence-electron chi connectivity index (χ3n) is 1.46. The van der Waals surface area contributed by atoms with Crippen molar-refractivity contribution in [3.63, 3.8) is 0 Å². The molecule has 0 spiro atoms. The zero-order chi connectivity index (χ0) is 11.1. The SMILES string of the molecule is C=C(COCC(=CC)C(=O)O)C(=O)O. The summed E-state index contributed by atoms with van der Waals surface area (Å²) in [6.45, 7) is 4.49. The van der Waals surface area contributed by atoms with Gasteiger partial charge in [0.1, 0.15) is 0 Å². The van der Waals surface area contributed by atoms with E-state index in [0.29, 0.717) is 0 Å². The van der Waals surface area contributed by atoms with Crippen LogP contribution in [0.5, 0.6) is 0 Å². The van der Waals surface area contributed by atoms with Crippen molar-refractivity contribution in [2.75, 3.05) is 13.2 Å². The largest absolute Gasteiger partial charge is 0.478 e. The van der Waals surface area contributed by atoms with E-state index in [1.165, 1.54) is 6.08 Å². The number of allylic oxidation sites excluding steroid dienone is 1. The number of ether oxygens (including phenoxy) is 1. The Hall–Kier alpha value is -1.62. The smallest absolute Gasteiger partial charge is 0.333 e. The van der Waals surface area contributed by atoms with E-state index in [0.717, 1.165) is 0 Å². The second kappa shape index (κ2) is 5.93. The molecule has 0 aliphatic rings. The number of carbonyl (C=O) groups is 2. The summed E-state index contributed by atoms with van der Waals surface area (Å²) < 4.78 is 4.84. The van der Waals surface area contributed by atoms with Gasteiger partial charge in [-0.05, 0) is 6.92 Å². The molecule has 0 radical (unpaired) electrons. The van der Waals surface area contributed by atoms with Crippen molar-refractivity contribution in [3.8, 4) is 0 Å². The van der Waals surface area contributed by atoms with Crippen LogP contribution in [0.4, 0.5) is 0 Å². The summed E-state index contributed by atoms with van der Waals surface area (Å²) in [7, 11) is 0. The topological polar surface area (TPSA) is 83.8 Å². The van der Waals surface area contributed by atoms with Gasteiger partial charge in [0.15, 0.2) is 0 Å². The Labute approximate surface area is 81.3 Å². The fraction of sp³-hybridized carbons (Fsp3) is 0.333. The highest BCUT2D eigenvalue weighted by atomic mass is 16.5. The summed E-state index contributed by atoms with van der Waals surface area (Å²) in [5.41, 5.74) is -0.0194. The van der Waals surface area contributed by atoms with E-state index in [-0.39, 0.29) is 24.4 Å². The standard InChI is InChI=1S/C9H12O5/c1-3-7(9(12)13)5-14-4-6(2)8(10)11/h3H,2,4-5H2,1H3,(H,10,11)(H,12,13). The molecule has 0 saturated heterocycles. The first-order chi connectivity index (χ1) is 6.49. The summed E-state index contributed by atoms with van der Waals surface area (Å²) in [5.74, 6) is -2.23. The highest BCUT2D eigenvalue weighted by Crippen LogP contribution is 1.98. The highest BCUT2D eigenvalue weighted by molar-refractivity contribution is 5.87. The molecule has 78 valence electrons. The highest BCUT2D eigenvalue weighted by Gasteiger charge is 2.08. The molecule has 0 aromatic rings. The van der Waals surface area contributed by atoms with Crippen LogP contribution in [0, 0.1) is 0 Å². The summed E-state index contributed by atoms with van der Waals surface area (Å²) in [6, 6.07) is 0. The molecule has 0 heterocycles. The van der Waals surface area contributed by atoms with Gasteiger partial charge in [-0.3, -0.25) is 0 Å². The number of aliphatic carboxylic acids is 2. The van der Waals surface area contributed by atoms with Crippen LogP contribution in [0.2, 0.25) is 0 Å². The van der Waals surface area contributed by atoms with Crippen LogP contribution in [0.3, 0.4) is 0 Å². The van der Waals surface area contributed by atoms with E-state index in [1.807, 2.05) is 0 Å². The normalized spacial score (nSPS) is 11.1. The molecule has 0 rings (SSSR count). The predicted octanol–water partition coefficient (Wildman–Crippen LogP) is 0.675. The lowest BCUT2D eigenvalue weighted by Crippen LogP contribution is -2.12. The van der Waals surface area contributed by atoms with Crippen molar-refractivity contribution >= 4 is 11.9 Å². The first kappa shape index (κ1) is 12.4. The van der Waals surface area contributed by atoms with Crippen LogP contribution in [-0.4, -0.2) is 35.4 Å². The van der Waals surface area contributed by atoms with Gasteiger partial charge in [0.05, 0.1) is 24.4 Å². The van der Waals surface area contributed by atoms with Crippen LogP contribution in [-0.2, 0) is 14.3 Å². The fourth-order valence-corrected chi connectivity index (χ4v) is 0.614. The molecule has 5 heteroatoms. The van der Waals surface area contributed by atoms with Gasteiger partial charge in [0.2, 0.25) is 0 Å². The fourth-order valence-electron chi connectivity index (χ4n) is 0.614. The lowest BCUT2D eigenvalue weighted by Gasteiger charge is -2.03. The van der Waals surface area contributed by atoms with Crippen molar-refractivity contribution in [2.24, 2.45) is 0 Å². The van der Waals surface area contributed by atoms with E-state index in [4.69, 9.17) is 14.9 Å². The van der Waals surface area contributed by atoms with E-state index < -0.39 is 11.9 Å². The van der Waals surface area contributed by atoms with Gasteiger partial charge in [-0.25, -0.2) is 9.59 Å². The van der Waals surface area contributed by atoms with E-state index >= 15 is 0 Å². The minimum atomic E-state index is -1.15. The molecule has 0 bridgehead atoms. The van der Waals surface area contributed by atoms with Gasteiger partial charge < -0.3 is 14.9 Å². The zero-order valence-electron chi connectivity index (χ0n) is 7.82. The predicted molar refractivity (Wildman–Crippen MR) is 49.0 cm³/mol. The van der Waals surface area contributed by atoms with Crippen molar-refractivity contribution in [1.29, 1.82) is 0 Å². The lowest BCUT2D eigenvalue weighted by molar-refractivity contribution is -0.133. The summed E-state index contributed by atoms with van der Waals surface area (Å²) >= 11 is 0. The summed E-state index contributed by atoms with van der Waals surface area (Å²) in [6.07, 6.45) is 1.39. The Morgan fingerprint density at radius 2 is 1.86 bits per heavy atom. The maximum Gasteiger partial charge on any atom is 0.333 e. The second-order valence-electron chi connectivity index (χ2n) is 2.52. The average Bonchev–Trinajstić information content (AvgIpc) is 2.11. The maximum absolute atomic E-state index is 10.5. The van der Waals surface area contributed by atoms with Gasteiger partial charge in [-0.1, -0.05) is 12.7 Å². The number of hydrogen-bond donors (Lipinski definition) is 2. The van der Waals surface area contributed by atoms with Crippen LogP contribution in [0.25, 0.3) is 0 Å². The number of carboxylic acid groups (broad SMARTS) is 2. The third-order valence-corrected chi connectivity index (χ3v) is 1.46. The molecule has 14 heavy (non-hydrogen) atoms. The quantitative estimate of drug-likeness (QED) is 0.616. The van der Waals surface area contributed by atoms with E-state index in [1.54, 1.807) is 6.92 Å². The molecular weight excluding hydrogens is 188 g/mol. The van der Waals surface area contributed by atoms with Gasteiger partial charge in [0.25, 0.3) is 0 Å². The molecule has 0 fully saturated rings. The Kier molecular flexibility index (Phi) is 5.24. The molecule has 0 aliphatic heterocycles.